The third-order valence-corrected chi connectivity index (χ3v) is 9.01. The number of carboxylic acids is 1. The minimum atomic E-state index is -1.16. The molecule has 1 aliphatic carbocycles. The molecule has 1 saturated carbocycles. The van der Waals surface area contributed by atoms with Crippen LogP contribution in [0.1, 0.15) is 34.6 Å². The molecule has 244 valence electrons. The summed E-state index contributed by atoms with van der Waals surface area (Å²) in [5, 5.41) is 16.6. The monoisotopic (exact) mass is 678 g/mol. The molecule has 6 rings (SSSR count). The van der Waals surface area contributed by atoms with Crippen LogP contribution in [0.15, 0.2) is 67.0 Å². The third kappa shape index (κ3) is 7.47. The summed E-state index contributed by atoms with van der Waals surface area (Å²) in [5.74, 6) is 0.226. The summed E-state index contributed by atoms with van der Waals surface area (Å²) in [6.45, 7) is 2.59. The highest BCUT2D eigenvalue weighted by Crippen LogP contribution is 2.57. The van der Waals surface area contributed by atoms with E-state index in [-0.39, 0.29) is 19.8 Å². The van der Waals surface area contributed by atoms with Crippen LogP contribution < -0.4 is 15.0 Å². The second kappa shape index (κ2) is 13.9. The molecule has 2 amide bonds. The van der Waals surface area contributed by atoms with E-state index >= 15 is 0 Å². The molecule has 0 bridgehead atoms. The number of nitrogens with zero attached hydrogens (tertiary/aromatic N) is 3. The van der Waals surface area contributed by atoms with Crippen LogP contribution in [0.25, 0.3) is 11.1 Å². The Hall–Kier alpha value is -4.74. The second-order valence-electron chi connectivity index (χ2n) is 11.5. The number of halogens is 2. The molecule has 1 fully saturated rings. The van der Waals surface area contributed by atoms with Gasteiger partial charge in [0.2, 0.25) is 0 Å². The summed E-state index contributed by atoms with van der Waals surface area (Å²) < 4.78 is 18.3. The average Bonchev–Trinajstić information content (AvgIpc) is 3.71. The van der Waals surface area contributed by atoms with Gasteiger partial charge in [-0.2, -0.15) is 5.10 Å². The van der Waals surface area contributed by atoms with Gasteiger partial charge in [0.1, 0.15) is 32.1 Å². The summed E-state index contributed by atoms with van der Waals surface area (Å²) in [6, 6.07) is 16.7. The maximum atomic E-state index is 13.3. The summed E-state index contributed by atoms with van der Waals surface area (Å²) in [7, 11) is 0. The first-order chi connectivity index (χ1) is 22.7. The number of ether oxygens (including phenoxy) is 3. The predicted molar refractivity (Wildman–Crippen MR) is 175 cm³/mol. The Labute approximate surface area is 280 Å². The van der Waals surface area contributed by atoms with Gasteiger partial charge in [0.25, 0.3) is 0 Å². The van der Waals surface area contributed by atoms with Crippen LogP contribution in [0.4, 0.5) is 15.3 Å². The standard InChI is InChI=1S/C34H32Cl2N4O7/c1-20-27(35)5-3-7-30(20)45-10-11-46-34(44)40-18-22-13-26(22)32-25(4-2-6-29(32)40)24-14-38-39(17-24)16-23-12-21(8-9-28(23)36)19-47-33(43)37-15-31(41)42/h2-9,12,14,17,22,26H,10-11,13,15-16,18-19H2,1H3,(H,37,43)(H,41,42)/t22-,26-/m0/s1. The first kappa shape index (κ1) is 32.2. The fraction of sp³-hybridized carbons (Fsp3) is 0.294. The Balaban J connectivity index is 1.11. The van der Waals surface area contributed by atoms with E-state index in [0.29, 0.717) is 46.3 Å². The van der Waals surface area contributed by atoms with Crippen molar-refractivity contribution >= 4 is 47.0 Å². The highest BCUT2D eigenvalue weighted by molar-refractivity contribution is 6.31. The summed E-state index contributed by atoms with van der Waals surface area (Å²) >= 11 is 12.7. The molecule has 4 aromatic rings. The van der Waals surface area contributed by atoms with Crippen LogP contribution in [0.2, 0.25) is 10.0 Å². The van der Waals surface area contributed by atoms with E-state index in [4.69, 9.17) is 42.5 Å². The quantitative estimate of drug-likeness (QED) is 0.168. The topological polar surface area (TPSA) is 132 Å². The number of benzene rings is 3. The van der Waals surface area contributed by atoms with Gasteiger partial charge in [0.05, 0.1) is 18.4 Å². The zero-order valence-electron chi connectivity index (χ0n) is 25.4. The molecule has 0 saturated heterocycles. The number of carboxylic acid groups (broad SMARTS) is 1. The maximum absolute atomic E-state index is 13.3. The Kier molecular flexibility index (Phi) is 9.55. The molecule has 47 heavy (non-hydrogen) atoms. The fourth-order valence-corrected chi connectivity index (χ4v) is 6.13. The zero-order chi connectivity index (χ0) is 33.1. The van der Waals surface area contributed by atoms with E-state index in [1.165, 1.54) is 0 Å². The molecular weight excluding hydrogens is 647 g/mol. The van der Waals surface area contributed by atoms with Crippen LogP contribution in [0.3, 0.4) is 0 Å². The molecule has 1 aromatic heterocycles. The normalized spacial score (nSPS) is 16.1. The number of anilines is 1. The number of aromatic nitrogens is 2. The molecule has 0 radical (unpaired) electrons. The lowest BCUT2D eigenvalue weighted by Gasteiger charge is -2.29. The lowest BCUT2D eigenvalue weighted by Crippen LogP contribution is -2.37. The van der Waals surface area contributed by atoms with Crippen LogP contribution in [-0.4, -0.2) is 59.3 Å². The van der Waals surface area contributed by atoms with Crippen molar-refractivity contribution in [1.82, 2.24) is 15.1 Å². The lowest BCUT2D eigenvalue weighted by atomic mass is 9.93. The highest BCUT2D eigenvalue weighted by Gasteiger charge is 2.48. The molecule has 2 N–H and O–H groups in total. The minimum Gasteiger partial charge on any atom is -0.490 e. The van der Waals surface area contributed by atoms with Gasteiger partial charge in [-0.05, 0) is 77.8 Å². The average molecular weight is 680 g/mol. The summed E-state index contributed by atoms with van der Waals surface area (Å²) in [4.78, 5) is 37.4. The van der Waals surface area contributed by atoms with E-state index in [9.17, 15) is 14.4 Å². The molecule has 2 heterocycles. The van der Waals surface area contributed by atoms with Crippen LogP contribution in [0.5, 0.6) is 5.75 Å². The van der Waals surface area contributed by atoms with Gasteiger partial charge in [-0.15, -0.1) is 0 Å². The van der Waals surface area contributed by atoms with Gasteiger partial charge in [0.15, 0.2) is 0 Å². The SMILES string of the molecule is Cc1c(Cl)cccc1OCCOC(=O)N1C[C@@H]2C[C@@H]2c2c(-c3cnn(Cc4cc(COC(=O)NCC(=O)O)ccc4Cl)c3)cccc21. The van der Waals surface area contributed by atoms with Gasteiger partial charge >= 0.3 is 18.2 Å². The van der Waals surface area contributed by atoms with Gasteiger partial charge in [0, 0.05) is 33.9 Å². The number of aliphatic carboxylic acids is 1. The van der Waals surface area contributed by atoms with Crippen molar-refractivity contribution in [2.24, 2.45) is 5.92 Å². The van der Waals surface area contributed by atoms with E-state index in [1.807, 2.05) is 49.5 Å². The van der Waals surface area contributed by atoms with E-state index in [1.54, 1.807) is 34.0 Å². The Bertz CT molecular complexity index is 1830. The number of carbonyl (C=O) groups excluding carboxylic acids is 2. The number of fused-ring (bicyclic) bond motifs is 3. The van der Waals surface area contributed by atoms with Crippen molar-refractivity contribution in [3.8, 4) is 16.9 Å². The van der Waals surface area contributed by atoms with Crippen molar-refractivity contribution in [1.29, 1.82) is 0 Å². The largest absolute Gasteiger partial charge is 0.490 e. The van der Waals surface area contributed by atoms with Gasteiger partial charge in [-0.1, -0.05) is 47.5 Å². The first-order valence-corrected chi connectivity index (χ1v) is 15.8. The number of nitrogens with one attached hydrogen (secondary N) is 1. The van der Waals surface area contributed by atoms with Crippen molar-refractivity contribution in [3.05, 3.63) is 99.3 Å². The number of hydrogen-bond donors (Lipinski definition) is 2. The molecular formula is C34H32Cl2N4O7. The Morgan fingerprint density at radius 1 is 1.04 bits per heavy atom. The lowest BCUT2D eigenvalue weighted by molar-refractivity contribution is -0.135. The minimum absolute atomic E-state index is 0.0494. The van der Waals surface area contributed by atoms with Crippen LogP contribution >= 0.6 is 23.2 Å². The van der Waals surface area contributed by atoms with Crippen molar-refractivity contribution < 1.29 is 33.7 Å². The molecule has 2 atom stereocenters. The molecule has 2 aliphatic rings. The Morgan fingerprint density at radius 3 is 2.70 bits per heavy atom. The highest BCUT2D eigenvalue weighted by atomic mass is 35.5. The van der Waals surface area contributed by atoms with E-state index in [2.05, 4.69) is 10.4 Å². The van der Waals surface area contributed by atoms with Crippen molar-refractivity contribution in [2.45, 2.75) is 32.4 Å². The van der Waals surface area contributed by atoms with Crippen molar-refractivity contribution in [3.63, 3.8) is 0 Å². The van der Waals surface area contributed by atoms with Gasteiger partial charge < -0.3 is 24.6 Å². The summed E-state index contributed by atoms with van der Waals surface area (Å²) in [6.07, 6.45) is 3.51. The first-order valence-electron chi connectivity index (χ1n) is 15.1. The van der Waals surface area contributed by atoms with Crippen molar-refractivity contribution in [2.75, 3.05) is 31.2 Å². The van der Waals surface area contributed by atoms with E-state index in [0.717, 1.165) is 39.9 Å². The molecule has 13 heteroatoms. The maximum Gasteiger partial charge on any atom is 0.414 e. The van der Waals surface area contributed by atoms with Gasteiger partial charge in [-0.3, -0.25) is 14.4 Å². The number of hydrogen-bond acceptors (Lipinski definition) is 7. The fourth-order valence-electron chi connectivity index (χ4n) is 5.79. The molecule has 3 aromatic carbocycles. The summed E-state index contributed by atoms with van der Waals surface area (Å²) in [5.41, 5.74) is 6.19. The van der Waals surface area contributed by atoms with Crippen LogP contribution in [0, 0.1) is 12.8 Å². The van der Waals surface area contributed by atoms with E-state index < -0.39 is 24.7 Å². The predicted octanol–water partition coefficient (Wildman–Crippen LogP) is 6.66. The molecule has 0 unspecified atom stereocenters. The number of alkyl carbamates (subject to hydrolysis) is 1. The number of rotatable bonds is 11. The Morgan fingerprint density at radius 2 is 1.87 bits per heavy atom. The zero-order valence-corrected chi connectivity index (χ0v) is 27.0. The molecule has 11 nitrogen and oxygen atoms in total. The second-order valence-corrected chi connectivity index (χ2v) is 12.3. The molecule has 1 aliphatic heterocycles. The number of amides is 2. The number of carbonyl (C=O) groups is 3. The smallest absolute Gasteiger partial charge is 0.414 e. The third-order valence-electron chi connectivity index (χ3n) is 8.23. The van der Waals surface area contributed by atoms with Gasteiger partial charge in [-0.25, -0.2) is 9.59 Å². The van der Waals surface area contributed by atoms with Crippen LogP contribution in [-0.2, 0) is 27.4 Å². The molecule has 0 spiro atoms.